The lowest BCUT2D eigenvalue weighted by Gasteiger charge is -2.12. The van der Waals surface area contributed by atoms with Crippen molar-refractivity contribution in [2.24, 2.45) is 7.05 Å². The van der Waals surface area contributed by atoms with Crippen LogP contribution in [-0.2, 0) is 11.8 Å². The fourth-order valence-electron chi connectivity index (χ4n) is 2.66. The molecule has 0 bridgehead atoms. The first-order valence-corrected chi connectivity index (χ1v) is 9.00. The molecule has 0 unspecified atom stereocenters. The molecule has 3 aromatic rings. The molecule has 0 spiro atoms. The highest BCUT2D eigenvalue weighted by Gasteiger charge is 2.13. The molecular weight excluding hydrogens is 378 g/mol. The van der Waals surface area contributed by atoms with E-state index >= 15 is 0 Å². The Labute approximate surface area is 167 Å². The van der Waals surface area contributed by atoms with E-state index in [4.69, 9.17) is 11.6 Å². The van der Waals surface area contributed by atoms with Crippen molar-refractivity contribution in [2.45, 2.75) is 6.92 Å². The van der Waals surface area contributed by atoms with Gasteiger partial charge in [0.2, 0.25) is 5.91 Å². The standard InChI is InChI=1S/C20H20ClN5O2/c1-13-11-18(26(2)25-13)24-19(27)12-22-17-6-4-3-5-16(17)20(28)23-15-9-7-14(21)8-10-15/h3-11,22H,12H2,1-2H3,(H,23,28)(H,24,27). The summed E-state index contributed by atoms with van der Waals surface area (Å²) in [6, 6.07) is 15.6. The number of aryl methyl sites for hydroxylation is 2. The molecule has 2 aromatic carbocycles. The molecule has 28 heavy (non-hydrogen) atoms. The van der Waals surface area contributed by atoms with Crippen molar-refractivity contribution in [3.63, 3.8) is 0 Å². The number of benzene rings is 2. The number of nitrogens with one attached hydrogen (secondary N) is 3. The van der Waals surface area contributed by atoms with Crippen molar-refractivity contribution in [1.29, 1.82) is 0 Å². The van der Waals surface area contributed by atoms with Gasteiger partial charge in [-0.05, 0) is 43.3 Å². The normalized spacial score (nSPS) is 10.4. The fraction of sp³-hybridized carbons (Fsp3) is 0.150. The average Bonchev–Trinajstić information content (AvgIpc) is 2.99. The highest BCUT2D eigenvalue weighted by atomic mass is 35.5. The van der Waals surface area contributed by atoms with Crippen LogP contribution in [0.25, 0.3) is 0 Å². The van der Waals surface area contributed by atoms with E-state index in [-0.39, 0.29) is 18.4 Å². The number of hydrogen-bond acceptors (Lipinski definition) is 4. The van der Waals surface area contributed by atoms with E-state index < -0.39 is 0 Å². The molecule has 144 valence electrons. The molecule has 7 nitrogen and oxygen atoms in total. The topological polar surface area (TPSA) is 88.0 Å². The number of halogens is 1. The zero-order valence-electron chi connectivity index (χ0n) is 15.5. The van der Waals surface area contributed by atoms with Crippen LogP contribution in [0.3, 0.4) is 0 Å². The number of amides is 2. The Balaban J connectivity index is 1.64. The second kappa shape index (κ2) is 8.58. The van der Waals surface area contributed by atoms with Gasteiger partial charge in [-0.3, -0.25) is 14.3 Å². The molecule has 0 saturated heterocycles. The zero-order chi connectivity index (χ0) is 20.1. The summed E-state index contributed by atoms with van der Waals surface area (Å²) in [6.07, 6.45) is 0. The van der Waals surface area contributed by atoms with Gasteiger partial charge in [0.25, 0.3) is 5.91 Å². The van der Waals surface area contributed by atoms with Crippen LogP contribution in [0.2, 0.25) is 5.02 Å². The molecule has 0 aliphatic heterocycles. The lowest BCUT2D eigenvalue weighted by Crippen LogP contribution is -2.24. The molecule has 3 N–H and O–H groups in total. The molecule has 0 atom stereocenters. The van der Waals surface area contributed by atoms with Gasteiger partial charge in [-0.15, -0.1) is 0 Å². The van der Waals surface area contributed by atoms with Crippen molar-refractivity contribution in [3.8, 4) is 0 Å². The Kier molecular flexibility index (Phi) is 5.96. The van der Waals surface area contributed by atoms with Gasteiger partial charge >= 0.3 is 0 Å². The van der Waals surface area contributed by atoms with Crippen LogP contribution in [0.1, 0.15) is 16.1 Å². The summed E-state index contributed by atoms with van der Waals surface area (Å²) in [6.45, 7) is 1.86. The minimum atomic E-state index is -0.284. The summed E-state index contributed by atoms with van der Waals surface area (Å²) >= 11 is 5.86. The number of anilines is 3. The van der Waals surface area contributed by atoms with Gasteiger partial charge in [0.05, 0.1) is 17.8 Å². The third-order valence-corrected chi connectivity index (χ3v) is 4.23. The summed E-state index contributed by atoms with van der Waals surface area (Å²) in [4.78, 5) is 24.8. The summed E-state index contributed by atoms with van der Waals surface area (Å²) in [5.41, 5.74) is 2.44. The minimum Gasteiger partial charge on any atom is -0.375 e. The molecule has 1 aromatic heterocycles. The monoisotopic (exact) mass is 397 g/mol. The molecule has 0 radical (unpaired) electrons. The van der Waals surface area contributed by atoms with E-state index in [0.717, 1.165) is 5.69 Å². The van der Waals surface area contributed by atoms with Gasteiger partial charge in [0, 0.05) is 29.5 Å². The van der Waals surface area contributed by atoms with E-state index in [1.807, 2.05) is 6.92 Å². The average molecular weight is 398 g/mol. The maximum atomic E-state index is 12.6. The summed E-state index contributed by atoms with van der Waals surface area (Å²) in [5, 5.41) is 13.4. The van der Waals surface area contributed by atoms with Crippen LogP contribution >= 0.6 is 11.6 Å². The van der Waals surface area contributed by atoms with E-state index in [9.17, 15) is 9.59 Å². The third kappa shape index (κ3) is 4.89. The van der Waals surface area contributed by atoms with Crippen molar-refractivity contribution in [1.82, 2.24) is 9.78 Å². The third-order valence-electron chi connectivity index (χ3n) is 3.98. The SMILES string of the molecule is Cc1cc(NC(=O)CNc2ccccc2C(=O)Nc2ccc(Cl)cc2)n(C)n1. The Bertz CT molecular complexity index is 998. The number of nitrogens with zero attached hydrogens (tertiary/aromatic N) is 2. The van der Waals surface area contributed by atoms with Gasteiger partial charge in [0.1, 0.15) is 5.82 Å². The fourth-order valence-corrected chi connectivity index (χ4v) is 2.78. The van der Waals surface area contributed by atoms with Crippen molar-refractivity contribution in [3.05, 3.63) is 70.9 Å². The second-order valence-electron chi connectivity index (χ2n) is 6.20. The molecule has 0 saturated carbocycles. The van der Waals surface area contributed by atoms with Crippen LogP contribution in [0.5, 0.6) is 0 Å². The number of para-hydroxylation sites is 1. The van der Waals surface area contributed by atoms with E-state index in [1.54, 1.807) is 66.3 Å². The Morgan fingerprint density at radius 3 is 2.46 bits per heavy atom. The first-order chi connectivity index (χ1) is 13.4. The maximum Gasteiger partial charge on any atom is 0.257 e. The van der Waals surface area contributed by atoms with E-state index in [0.29, 0.717) is 27.8 Å². The molecular formula is C20H20ClN5O2. The van der Waals surface area contributed by atoms with Gasteiger partial charge in [0.15, 0.2) is 0 Å². The Morgan fingerprint density at radius 2 is 1.79 bits per heavy atom. The molecule has 8 heteroatoms. The highest BCUT2D eigenvalue weighted by Crippen LogP contribution is 2.19. The molecule has 0 fully saturated rings. The van der Waals surface area contributed by atoms with Crippen LogP contribution in [0, 0.1) is 6.92 Å². The Hall–Kier alpha value is -3.32. The molecule has 2 amide bonds. The van der Waals surface area contributed by atoms with E-state index in [2.05, 4.69) is 21.0 Å². The van der Waals surface area contributed by atoms with Crippen LogP contribution in [0.15, 0.2) is 54.6 Å². The molecule has 1 heterocycles. The summed E-state index contributed by atoms with van der Waals surface area (Å²) in [5.74, 6) is 0.0852. The lowest BCUT2D eigenvalue weighted by molar-refractivity contribution is -0.114. The first kappa shape index (κ1) is 19.4. The predicted molar refractivity (Wildman–Crippen MR) is 111 cm³/mol. The van der Waals surface area contributed by atoms with Gasteiger partial charge < -0.3 is 16.0 Å². The minimum absolute atomic E-state index is 0.00939. The quantitative estimate of drug-likeness (QED) is 0.592. The molecule has 0 aliphatic rings. The van der Waals surface area contributed by atoms with Crippen LogP contribution in [-0.4, -0.2) is 28.1 Å². The van der Waals surface area contributed by atoms with Gasteiger partial charge in [-0.25, -0.2) is 0 Å². The maximum absolute atomic E-state index is 12.6. The first-order valence-electron chi connectivity index (χ1n) is 8.62. The van der Waals surface area contributed by atoms with Gasteiger partial charge in [-0.1, -0.05) is 23.7 Å². The van der Waals surface area contributed by atoms with E-state index in [1.165, 1.54) is 0 Å². The lowest BCUT2D eigenvalue weighted by atomic mass is 10.1. The molecule has 0 aliphatic carbocycles. The number of rotatable bonds is 6. The van der Waals surface area contributed by atoms with Crippen molar-refractivity contribution < 1.29 is 9.59 Å². The number of hydrogen-bond donors (Lipinski definition) is 3. The van der Waals surface area contributed by atoms with Crippen molar-refractivity contribution in [2.75, 3.05) is 22.5 Å². The van der Waals surface area contributed by atoms with Crippen LogP contribution < -0.4 is 16.0 Å². The number of aromatic nitrogens is 2. The summed E-state index contributed by atoms with van der Waals surface area (Å²) in [7, 11) is 1.76. The smallest absolute Gasteiger partial charge is 0.257 e. The Morgan fingerprint density at radius 1 is 1.07 bits per heavy atom. The van der Waals surface area contributed by atoms with Crippen LogP contribution in [0.4, 0.5) is 17.2 Å². The molecule has 3 rings (SSSR count). The largest absolute Gasteiger partial charge is 0.375 e. The highest BCUT2D eigenvalue weighted by molar-refractivity contribution is 6.30. The van der Waals surface area contributed by atoms with Crippen molar-refractivity contribution >= 4 is 40.6 Å². The van der Waals surface area contributed by atoms with Gasteiger partial charge in [-0.2, -0.15) is 5.10 Å². The number of carbonyl (C=O) groups is 2. The summed E-state index contributed by atoms with van der Waals surface area (Å²) < 4.78 is 1.60. The number of carbonyl (C=O) groups excluding carboxylic acids is 2. The zero-order valence-corrected chi connectivity index (χ0v) is 16.2. The second-order valence-corrected chi connectivity index (χ2v) is 6.64. The predicted octanol–water partition coefficient (Wildman–Crippen LogP) is 3.68.